The van der Waals surface area contributed by atoms with E-state index in [0.717, 1.165) is 33.0 Å². The molecule has 0 unspecified atom stereocenters. The summed E-state index contributed by atoms with van der Waals surface area (Å²) in [5.41, 5.74) is 2.35. The summed E-state index contributed by atoms with van der Waals surface area (Å²) in [6.45, 7) is 8.11. The molecular weight excluding hydrogens is 338 g/mol. The van der Waals surface area contributed by atoms with E-state index in [1.165, 1.54) is 0 Å². The lowest BCUT2D eigenvalue weighted by Gasteiger charge is -2.22. The van der Waals surface area contributed by atoms with Crippen molar-refractivity contribution in [2.75, 3.05) is 5.32 Å². The first kappa shape index (κ1) is 17.3. The molecule has 5 heteroatoms. The van der Waals surface area contributed by atoms with Crippen LogP contribution in [0.25, 0.3) is 21.7 Å². The number of aryl methyl sites for hydroxylation is 1. The number of hydrogen-bond acceptors (Lipinski definition) is 3. The van der Waals surface area contributed by atoms with E-state index in [0.29, 0.717) is 5.82 Å². The van der Waals surface area contributed by atoms with Crippen molar-refractivity contribution < 1.29 is 9.21 Å². The molecule has 0 aliphatic heterocycles. The van der Waals surface area contributed by atoms with Gasteiger partial charge >= 0.3 is 0 Å². The molecule has 2 aromatic heterocycles. The van der Waals surface area contributed by atoms with Crippen molar-refractivity contribution in [1.29, 1.82) is 0 Å². The summed E-state index contributed by atoms with van der Waals surface area (Å²) in [4.78, 5) is 12.8. The van der Waals surface area contributed by atoms with Crippen molar-refractivity contribution in [2.45, 2.75) is 39.7 Å². The van der Waals surface area contributed by atoms with E-state index < -0.39 is 0 Å². The maximum atomic E-state index is 12.8. The van der Waals surface area contributed by atoms with Crippen LogP contribution in [-0.2, 0) is 16.8 Å². The minimum atomic E-state index is -0.213. The Labute approximate surface area is 158 Å². The lowest BCUT2D eigenvalue weighted by atomic mass is 10.0. The first-order chi connectivity index (χ1) is 12.8. The average Bonchev–Trinajstić information content (AvgIpc) is 3.18. The SMILES string of the molecule is Cc1cc(NC(=O)Cc2coc3ccc4ccccc4c23)n(C(C)(C)C)n1. The molecule has 4 aromatic rings. The predicted octanol–water partition coefficient (Wildman–Crippen LogP) is 5.03. The van der Waals surface area contributed by atoms with Gasteiger partial charge in [-0.3, -0.25) is 4.79 Å². The van der Waals surface area contributed by atoms with Gasteiger partial charge in [0.2, 0.25) is 5.91 Å². The van der Waals surface area contributed by atoms with E-state index in [1.807, 2.05) is 41.9 Å². The van der Waals surface area contributed by atoms with Crippen LogP contribution >= 0.6 is 0 Å². The van der Waals surface area contributed by atoms with Gasteiger partial charge in [0.15, 0.2) is 0 Å². The Hall–Kier alpha value is -3.08. The van der Waals surface area contributed by atoms with Crippen molar-refractivity contribution in [2.24, 2.45) is 0 Å². The zero-order chi connectivity index (χ0) is 19.2. The molecule has 1 amide bonds. The summed E-state index contributed by atoms with van der Waals surface area (Å²) in [5.74, 6) is 0.624. The molecule has 5 nitrogen and oxygen atoms in total. The van der Waals surface area contributed by atoms with Gasteiger partial charge in [-0.05, 0) is 44.5 Å². The zero-order valence-electron chi connectivity index (χ0n) is 16.0. The van der Waals surface area contributed by atoms with Crippen molar-refractivity contribution in [1.82, 2.24) is 9.78 Å². The number of benzene rings is 2. The predicted molar refractivity (Wildman–Crippen MR) is 108 cm³/mol. The van der Waals surface area contributed by atoms with Gasteiger partial charge in [0.25, 0.3) is 0 Å². The van der Waals surface area contributed by atoms with Crippen molar-refractivity contribution in [3.63, 3.8) is 0 Å². The summed E-state index contributed by atoms with van der Waals surface area (Å²) >= 11 is 0. The van der Waals surface area contributed by atoms with Crippen LogP contribution in [0.4, 0.5) is 5.82 Å². The number of hydrogen-bond donors (Lipinski definition) is 1. The first-order valence-electron chi connectivity index (χ1n) is 9.08. The lowest BCUT2D eigenvalue weighted by molar-refractivity contribution is -0.115. The summed E-state index contributed by atoms with van der Waals surface area (Å²) in [6, 6.07) is 14.0. The minimum Gasteiger partial charge on any atom is -0.464 e. The fourth-order valence-corrected chi connectivity index (χ4v) is 3.46. The van der Waals surface area contributed by atoms with E-state index in [2.05, 4.69) is 43.3 Å². The van der Waals surface area contributed by atoms with Gasteiger partial charge in [-0.15, -0.1) is 0 Å². The van der Waals surface area contributed by atoms with Crippen LogP contribution in [0.5, 0.6) is 0 Å². The second kappa shape index (κ2) is 6.27. The molecule has 0 saturated heterocycles. The van der Waals surface area contributed by atoms with Gasteiger partial charge in [-0.2, -0.15) is 5.10 Å². The number of nitrogens with one attached hydrogen (secondary N) is 1. The van der Waals surface area contributed by atoms with E-state index >= 15 is 0 Å². The molecule has 0 aliphatic rings. The normalized spacial score (nSPS) is 12.0. The van der Waals surface area contributed by atoms with Crippen LogP contribution in [0.1, 0.15) is 32.0 Å². The van der Waals surface area contributed by atoms with Crippen molar-refractivity contribution in [3.05, 3.63) is 60.0 Å². The Balaban J connectivity index is 1.66. The highest BCUT2D eigenvalue weighted by molar-refractivity contribution is 6.08. The molecule has 0 spiro atoms. The molecule has 0 fully saturated rings. The monoisotopic (exact) mass is 361 g/mol. The standard InChI is InChI=1S/C22H23N3O2/c1-14-11-19(25(24-14)22(2,3)4)23-20(26)12-16-13-27-18-10-9-15-7-5-6-8-17(15)21(16)18/h5-11,13H,12H2,1-4H3,(H,23,26). The fraction of sp³-hybridized carbons (Fsp3) is 0.273. The van der Waals surface area contributed by atoms with Crippen LogP contribution in [0.15, 0.2) is 53.1 Å². The minimum absolute atomic E-state index is 0.0870. The smallest absolute Gasteiger partial charge is 0.230 e. The molecule has 0 aliphatic carbocycles. The fourth-order valence-electron chi connectivity index (χ4n) is 3.46. The quantitative estimate of drug-likeness (QED) is 0.557. The van der Waals surface area contributed by atoms with Gasteiger partial charge in [0.1, 0.15) is 11.4 Å². The molecule has 0 bridgehead atoms. The molecule has 4 rings (SSSR count). The third-order valence-electron chi connectivity index (χ3n) is 4.63. The number of carbonyl (C=O) groups is 1. The summed E-state index contributed by atoms with van der Waals surface area (Å²) in [6.07, 6.45) is 1.93. The Bertz CT molecular complexity index is 1150. The topological polar surface area (TPSA) is 60.1 Å². The highest BCUT2D eigenvalue weighted by Gasteiger charge is 2.21. The van der Waals surface area contributed by atoms with Crippen molar-refractivity contribution in [3.8, 4) is 0 Å². The highest BCUT2D eigenvalue weighted by atomic mass is 16.3. The molecule has 2 aromatic carbocycles. The van der Waals surface area contributed by atoms with Crippen LogP contribution in [-0.4, -0.2) is 15.7 Å². The van der Waals surface area contributed by atoms with Crippen LogP contribution in [0.2, 0.25) is 0 Å². The van der Waals surface area contributed by atoms with Crippen molar-refractivity contribution >= 4 is 33.5 Å². The maximum absolute atomic E-state index is 12.8. The number of carbonyl (C=O) groups excluding carboxylic acids is 1. The van der Waals surface area contributed by atoms with Gasteiger partial charge in [0.05, 0.1) is 23.9 Å². The Morgan fingerprint density at radius 2 is 1.96 bits per heavy atom. The third kappa shape index (κ3) is 3.21. The zero-order valence-corrected chi connectivity index (χ0v) is 16.0. The Morgan fingerprint density at radius 3 is 2.74 bits per heavy atom. The molecule has 138 valence electrons. The van der Waals surface area contributed by atoms with E-state index in [-0.39, 0.29) is 17.9 Å². The number of anilines is 1. The van der Waals surface area contributed by atoms with E-state index in [1.54, 1.807) is 6.26 Å². The molecule has 2 heterocycles. The molecule has 0 saturated carbocycles. The van der Waals surface area contributed by atoms with Gasteiger partial charge in [-0.25, -0.2) is 4.68 Å². The molecule has 0 atom stereocenters. The second-order valence-electron chi connectivity index (χ2n) is 7.90. The number of amides is 1. The second-order valence-corrected chi connectivity index (χ2v) is 7.90. The number of rotatable bonds is 3. The summed E-state index contributed by atoms with van der Waals surface area (Å²) in [7, 11) is 0. The number of furan rings is 1. The van der Waals surface area contributed by atoms with E-state index in [9.17, 15) is 4.79 Å². The maximum Gasteiger partial charge on any atom is 0.230 e. The Morgan fingerprint density at radius 1 is 1.19 bits per heavy atom. The third-order valence-corrected chi connectivity index (χ3v) is 4.63. The highest BCUT2D eigenvalue weighted by Crippen LogP contribution is 2.30. The molecule has 27 heavy (non-hydrogen) atoms. The number of aromatic nitrogens is 2. The van der Waals surface area contributed by atoms with Crippen LogP contribution in [0.3, 0.4) is 0 Å². The van der Waals surface area contributed by atoms with Crippen LogP contribution < -0.4 is 5.32 Å². The molecular formula is C22H23N3O2. The average molecular weight is 361 g/mol. The molecule has 1 N–H and O–H groups in total. The van der Waals surface area contributed by atoms with Gasteiger partial charge in [0, 0.05) is 17.0 Å². The lowest BCUT2D eigenvalue weighted by Crippen LogP contribution is -2.27. The number of fused-ring (bicyclic) bond motifs is 3. The molecule has 0 radical (unpaired) electrons. The Kier molecular flexibility index (Phi) is 4.02. The summed E-state index contributed by atoms with van der Waals surface area (Å²) < 4.78 is 7.54. The number of nitrogens with zero attached hydrogens (tertiary/aromatic N) is 2. The van der Waals surface area contributed by atoms with Gasteiger partial charge in [-0.1, -0.05) is 30.3 Å². The van der Waals surface area contributed by atoms with Gasteiger partial charge < -0.3 is 9.73 Å². The largest absolute Gasteiger partial charge is 0.464 e. The summed E-state index contributed by atoms with van der Waals surface area (Å²) in [5, 5.41) is 10.8. The van der Waals surface area contributed by atoms with E-state index in [4.69, 9.17) is 4.42 Å². The first-order valence-corrected chi connectivity index (χ1v) is 9.08. The van der Waals surface area contributed by atoms with Crippen LogP contribution in [0, 0.1) is 6.92 Å².